The van der Waals surface area contributed by atoms with E-state index < -0.39 is 23.4 Å². The minimum atomic E-state index is -0.597. The standard InChI is InChI=1S/C21H24N6O5/c1-27-21(31)15(9-16(26-27)11-3-5-12(6-4-11)18(22)23)20(30)24-10-14-7-13(19(29)25-14)8-17(28)32-2/h3-6,9,13-14H,7-8,10H2,1-2H3,(H3,22,23)(H,24,30)(H,25,29)/t13-,14-/m0/s1. The zero-order valence-corrected chi connectivity index (χ0v) is 17.7. The number of carbonyl (C=O) groups excluding carboxylic acids is 3. The van der Waals surface area contributed by atoms with Crippen molar-refractivity contribution in [3.8, 4) is 11.3 Å². The molecular formula is C21H24N6O5. The minimum Gasteiger partial charge on any atom is -0.469 e. The number of nitrogen functional groups attached to an aromatic ring is 1. The molecule has 2 atom stereocenters. The van der Waals surface area contributed by atoms with Crippen molar-refractivity contribution in [3.63, 3.8) is 0 Å². The molecule has 3 rings (SSSR count). The molecule has 1 saturated heterocycles. The van der Waals surface area contributed by atoms with E-state index in [-0.39, 0.29) is 36.3 Å². The third kappa shape index (κ3) is 4.99. The summed E-state index contributed by atoms with van der Waals surface area (Å²) in [5, 5.41) is 17.1. The monoisotopic (exact) mass is 440 g/mol. The van der Waals surface area contributed by atoms with Crippen molar-refractivity contribution < 1.29 is 19.1 Å². The average Bonchev–Trinajstić information content (AvgIpc) is 3.12. The average molecular weight is 440 g/mol. The Balaban J connectivity index is 1.71. The second-order valence-electron chi connectivity index (χ2n) is 7.49. The number of aromatic nitrogens is 2. The lowest BCUT2D eigenvalue weighted by atomic mass is 10.0. The number of nitrogens with one attached hydrogen (secondary N) is 3. The lowest BCUT2D eigenvalue weighted by molar-refractivity contribution is -0.143. The van der Waals surface area contributed by atoms with E-state index in [1.807, 2.05) is 0 Å². The molecule has 11 heteroatoms. The van der Waals surface area contributed by atoms with Crippen molar-refractivity contribution in [2.24, 2.45) is 18.7 Å². The van der Waals surface area contributed by atoms with Gasteiger partial charge in [0.25, 0.3) is 11.5 Å². The van der Waals surface area contributed by atoms with Gasteiger partial charge in [-0.25, -0.2) is 4.68 Å². The van der Waals surface area contributed by atoms with Crippen molar-refractivity contribution in [2.75, 3.05) is 13.7 Å². The van der Waals surface area contributed by atoms with Crippen molar-refractivity contribution in [2.45, 2.75) is 18.9 Å². The molecule has 0 radical (unpaired) electrons. The Morgan fingerprint density at radius 3 is 2.62 bits per heavy atom. The third-order valence-corrected chi connectivity index (χ3v) is 5.24. The van der Waals surface area contributed by atoms with Crippen LogP contribution in [0.3, 0.4) is 0 Å². The van der Waals surface area contributed by atoms with Crippen LogP contribution < -0.4 is 21.9 Å². The van der Waals surface area contributed by atoms with E-state index in [4.69, 9.17) is 11.1 Å². The maximum Gasteiger partial charge on any atom is 0.306 e. The van der Waals surface area contributed by atoms with Crippen LogP contribution in [0, 0.1) is 11.3 Å². The van der Waals surface area contributed by atoms with Gasteiger partial charge in [-0.2, -0.15) is 5.10 Å². The number of esters is 1. The second kappa shape index (κ2) is 9.41. The molecule has 5 N–H and O–H groups in total. The Morgan fingerprint density at radius 1 is 1.31 bits per heavy atom. The van der Waals surface area contributed by atoms with Gasteiger partial charge in [0, 0.05) is 30.8 Å². The van der Waals surface area contributed by atoms with Gasteiger partial charge >= 0.3 is 5.97 Å². The zero-order chi connectivity index (χ0) is 23.4. The van der Waals surface area contributed by atoms with Crippen LogP contribution in [0.4, 0.5) is 0 Å². The molecule has 32 heavy (non-hydrogen) atoms. The second-order valence-corrected chi connectivity index (χ2v) is 7.49. The van der Waals surface area contributed by atoms with Gasteiger partial charge in [-0.15, -0.1) is 0 Å². The molecule has 1 aromatic carbocycles. The normalized spacial score (nSPS) is 17.5. The van der Waals surface area contributed by atoms with E-state index in [1.165, 1.54) is 20.2 Å². The number of aryl methyl sites for hydroxylation is 1. The molecular weight excluding hydrogens is 416 g/mol. The summed E-state index contributed by atoms with van der Waals surface area (Å²) in [6.07, 6.45) is 0.347. The highest BCUT2D eigenvalue weighted by Gasteiger charge is 2.34. The molecule has 2 heterocycles. The summed E-state index contributed by atoms with van der Waals surface area (Å²) in [5.41, 5.74) is 6.40. The van der Waals surface area contributed by atoms with E-state index in [2.05, 4.69) is 20.5 Å². The van der Waals surface area contributed by atoms with Crippen molar-refractivity contribution in [1.82, 2.24) is 20.4 Å². The highest BCUT2D eigenvalue weighted by atomic mass is 16.5. The maximum absolute atomic E-state index is 12.7. The predicted octanol–water partition coefficient (Wildman–Crippen LogP) is -0.471. The van der Waals surface area contributed by atoms with Crippen molar-refractivity contribution >= 4 is 23.6 Å². The Labute approximate surface area is 183 Å². The molecule has 0 saturated carbocycles. The van der Waals surface area contributed by atoms with Gasteiger partial charge in [-0.1, -0.05) is 24.3 Å². The van der Waals surface area contributed by atoms with E-state index in [9.17, 15) is 19.2 Å². The molecule has 1 aliphatic rings. The number of hydrogen-bond acceptors (Lipinski definition) is 7. The molecule has 168 valence electrons. The predicted molar refractivity (Wildman–Crippen MR) is 115 cm³/mol. The zero-order valence-electron chi connectivity index (χ0n) is 17.7. The van der Waals surface area contributed by atoms with Crippen LogP contribution in [0.1, 0.15) is 28.8 Å². The Bertz CT molecular complexity index is 1120. The van der Waals surface area contributed by atoms with Gasteiger partial charge < -0.3 is 21.1 Å². The molecule has 0 bridgehead atoms. The SMILES string of the molecule is COC(=O)C[C@@H]1C[C@@H](CNC(=O)c2cc(-c3ccc(C(=N)N)cc3)nn(C)c2=O)NC1=O. The van der Waals surface area contributed by atoms with Crippen molar-refractivity contribution in [3.05, 3.63) is 51.8 Å². The van der Waals surface area contributed by atoms with Crippen LogP contribution in [0.2, 0.25) is 0 Å². The number of nitrogens with zero attached hydrogens (tertiary/aromatic N) is 2. The number of ether oxygens (including phenoxy) is 1. The fourth-order valence-electron chi connectivity index (χ4n) is 3.47. The van der Waals surface area contributed by atoms with Crippen molar-refractivity contribution in [1.29, 1.82) is 5.41 Å². The lowest BCUT2D eigenvalue weighted by Crippen LogP contribution is -2.40. The van der Waals surface area contributed by atoms with Gasteiger partial charge in [0.1, 0.15) is 11.4 Å². The maximum atomic E-state index is 12.7. The number of nitrogens with two attached hydrogens (primary N) is 1. The fraction of sp³-hybridized carbons (Fsp3) is 0.333. The highest BCUT2D eigenvalue weighted by molar-refractivity contribution is 5.96. The van der Waals surface area contributed by atoms with Gasteiger partial charge in [0.15, 0.2) is 0 Å². The number of amides is 2. The molecule has 1 aliphatic heterocycles. The minimum absolute atomic E-state index is 0.0243. The first kappa shape index (κ1) is 22.7. The molecule has 1 fully saturated rings. The van der Waals surface area contributed by atoms with Crippen LogP contribution in [0.5, 0.6) is 0 Å². The highest BCUT2D eigenvalue weighted by Crippen LogP contribution is 2.20. The molecule has 0 aliphatic carbocycles. The number of benzene rings is 1. The first-order valence-corrected chi connectivity index (χ1v) is 9.88. The van der Waals surface area contributed by atoms with E-state index in [1.54, 1.807) is 24.3 Å². The largest absolute Gasteiger partial charge is 0.469 e. The molecule has 2 amide bonds. The number of amidine groups is 1. The molecule has 1 aromatic heterocycles. The number of methoxy groups -OCH3 is 1. The third-order valence-electron chi connectivity index (χ3n) is 5.24. The summed E-state index contributed by atoms with van der Waals surface area (Å²) < 4.78 is 5.67. The van der Waals surface area contributed by atoms with E-state index >= 15 is 0 Å². The quantitative estimate of drug-likeness (QED) is 0.256. The van der Waals surface area contributed by atoms with Crippen LogP contribution in [-0.4, -0.2) is 53.1 Å². The smallest absolute Gasteiger partial charge is 0.306 e. The first-order valence-electron chi connectivity index (χ1n) is 9.88. The summed E-state index contributed by atoms with van der Waals surface area (Å²) in [6.45, 7) is 0.108. The molecule has 11 nitrogen and oxygen atoms in total. The summed E-state index contributed by atoms with van der Waals surface area (Å²) in [6, 6.07) is 7.73. The fourth-order valence-corrected chi connectivity index (χ4v) is 3.47. The number of carbonyl (C=O) groups is 3. The molecule has 2 aromatic rings. The number of rotatable bonds is 7. The Morgan fingerprint density at radius 2 is 2.00 bits per heavy atom. The first-order chi connectivity index (χ1) is 15.2. The van der Waals surface area contributed by atoms with Gasteiger partial charge in [0.05, 0.1) is 25.1 Å². The lowest BCUT2D eigenvalue weighted by Gasteiger charge is -2.12. The van der Waals surface area contributed by atoms with Gasteiger partial charge in [-0.3, -0.25) is 24.6 Å². The van der Waals surface area contributed by atoms with Crippen LogP contribution in [0.15, 0.2) is 35.1 Å². The number of hydrogen-bond donors (Lipinski definition) is 4. The summed E-state index contributed by atoms with van der Waals surface area (Å²) in [5.74, 6) is -1.93. The van der Waals surface area contributed by atoms with Crippen LogP contribution >= 0.6 is 0 Å². The Kier molecular flexibility index (Phi) is 6.67. The molecule has 0 unspecified atom stereocenters. The van der Waals surface area contributed by atoms with Gasteiger partial charge in [0.2, 0.25) is 5.91 Å². The summed E-state index contributed by atoms with van der Waals surface area (Å²) >= 11 is 0. The van der Waals surface area contributed by atoms with E-state index in [0.717, 1.165) is 4.68 Å². The Hall–Kier alpha value is -4.02. The molecule has 0 spiro atoms. The van der Waals surface area contributed by atoms with Crippen LogP contribution in [0.25, 0.3) is 11.3 Å². The summed E-state index contributed by atoms with van der Waals surface area (Å²) in [4.78, 5) is 48.6. The topological polar surface area (TPSA) is 169 Å². The van der Waals surface area contributed by atoms with E-state index in [0.29, 0.717) is 23.2 Å². The van der Waals surface area contributed by atoms with Gasteiger partial charge in [-0.05, 0) is 12.5 Å². The van der Waals surface area contributed by atoms with Crippen LogP contribution in [-0.2, 0) is 21.4 Å². The summed E-state index contributed by atoms with van der Waals surface area (Å²) in [7, 11) is 2.70.